The zero-order chi connectivity index (χ0) is 20.4. The maximum absolute atomic E-state index is 10.6. The van der Waals surface area contributed by atoms with Crippen LogP contribution in [0.15, 0.2) is 52.1 Å². The quantitative estimate of drug-likeness (QED) is 0.256. The van der Waals surface area contributed by atoms with Crippen molar-refractivity contribution in [3.63, 3.8) is 0 Å². The van der Waals surface area contributed by atoms with E-state index in [1.54, 1.807) is 25.3 Å². The van der Waals surface area contributed by atoms with Gasteiger partial charge in [-0.3, -0.25) is 4.90 Å². The van der Waals surface area contributed by atoms with Crippen LogP contribution in [0.3, 0.4) is 0 Å². The molecule has 2 rings (SSSR count). The number of aliphatic hydroxyl groups is 1. The number of aliphatic imine (C=N–C) groups is 1. The van der Waals surface area contributed by atoms with Crippen molar-refractivity contribution >= 4 is 29.9 Å². The fourth-order valence-corrected chi connectivity index (χ4v) is 2.90. The first-order valence-corrected chi connectivity index (χ1v) is 10.1. The monoisotopic (exact) mass is 514 g/mol. The predicted molar refractivity (Wildman–Crippen MR) is 130 cm³/mol. The first-order chi connectivity index (χ1) is 13.5. The third-order valence-electron chi connectivity index (χ3n) is 4.74. The largest absolute Gasteiger partial charge is 0.466 e. The van der Waals surface area contributed by atoms with Crippen LogP contribution in [0.4, 0.5) is 0 Å². The van der Waals surface area contributed by atoms with E-state index in [0.717, 1.165) is 31.7 Å². The second-order valence-corrected chi connectivity index (χ2v) is 7.08. The molecule has 0 spiro atoms. The number of furan rings is 1. The number of hydrogen-bond donors (Lipinski definition) is 3. The standard InChI is InChI=1S/C22H34N4O2.HI/c1-5-23-21(25-17-22(4,27)20-9-8-14-28-20)24-15-18-10-12-19(13-11-18)16-26(6-2)7-3;/h8-14,27H,5-7,15-17H2,1-4H3,(H2,23,24,25);1H. The normalized spacial score (nSPS) is 13.7. The minimum absolute atomic E-state index is 0. The van der Waals surface area contributed by atoms with E-state index in [2.05, 4.69) is 58.6 Å². The fourth-order valence-electron chi connectivity index (χ4n) is 2.90. The van der Waals surface area contributed by atoms with Gasteiger partial charge in [-0.15, -0.1) is 24.0 Å². The third kappa shape index (κ3) is 8.36. The Bertz CT molecular complexity index is 711. The summed E-state index contributed by atoms with van der Waals surface area (Å²) >= 11 is 0. The van der Waals surface area contributed by atoms with Gasteiger partial charge in [0.05, 0.1) is 19.4 Å². The lowest BCUT2D eigenvalue weighted by molar-refractivity contribution is 0.0386. The third-order valence-corrected chi connectivity index (χ3v) is 4.74. The van der Waals surface area contributed by atoms with Crippen molar-refractivity contribution in [3.8, 4) is 0 Å². The number of rotatable bonds is 10. The molecule has 162 valence electrons. The maximum Gasteiger partial charge on any atom is 0.191 e. The van der Waals surface area contributed by atoms with Gasteiger partial charge >= 0.3 is 0 Å². The summed E-state index contributed by atoms with van der Waals surface area (Å²) in [6.45, 7) is 12.8. The molecule has 0 aliphatic carbocycles. The molecule has 0 saturated heterocycles. The number of nitrogens with one attached hydrogen (secondary N) is 2. The Morgan fingerprint density at radius 1 is 1.07 bits per heavy atom. The van der Waals surface area contributed by atoms with Gasteiger partial charge in [0.2, 0.25) is 0 Å². The lowest BCUT2D eigenvalue weighted by Gasteiger charge is -2.22. The van der Waals surface area contributed by atoms with Gasteiger partial charge in [-0.2, -0.15) is 0 Å². The molecule has 1 aromatic carbocycles. The number of nitrogens with zero attached hydrogens (tertiary/aromatic N) is 2. The fraction of sp³-hybridized carbons (Fsp3) is 0.500. The van der Waals surface area contributed by atoms with Crippen LogP contribution in [-0.4, -0.2) is 42.1 Å². The van der Waals surface area contributed by atoms with Crippen LogP contribution in [0.5, 0.6) is 0 Å². The minimum atomic E-state index is -1.11. The summed E-state index contributed by atoms with van der Waals surface area (Å²) in [6, 6.07) is 12.1. The molecular formula is C22H35IN4O2. The highest BCUT2D eigenvalue weighted by atomic mass is 127. The van der Waals surface area contributed by atoms with E-state index < -0.39 is 5.60 Å². The first kappa shape index (κ1) is 25.5. The molecule has 2 aromatic rings. The molecule has 6 nitrogen and oxygen atoms in total. The molecule has 1 aromatic heterocycles. The van der Waals surface area contributed by atoms with E-state index in [1.807, 2.05) is 6.92 Å². The molecule has 3 N–H and O–H groups in total. The van der Waals surface area contributed by atoms with E-state index in [4.69, 9.17) is 4.42 Å². The Morgan fingerprint density at radius 3 is 2.28 bits per heavy atom. The van der Waals surface area contributed by atoms with Crippen LogP contribution >= 0.6 is 24.0 Å². The average molecular weight is 514 g/mol. The van der Waals surface area contributed by atoms with Crippen molar-refractivity contribution in [2.75, 3.05) is 26.2 Å². The van der Waals surface area contributed by atoms with E-state index in [1.165, 1.54) is 5.56 Å². The van der Waals surface area contributed by atoms with Gasteiger partial charge in [0.1, 0.15) is 11.4 Å². The molecule has 0 saturated carbocycles. The van der Waals surface area contributed by atoms with Crippen molar-refractivity contribution in [1.82, 2.24) is 15.5 Å². The van der Waals surface area contributed by atoms with Crippen LogP contribution in [0.2, 0.25) is 0 Å². The van der Waals surface area contributed by atoms with Crippen molar-refractivity contribution in [2.24, 2.45) is 4.99 Å². The Labute approximate surface area is 191 Å². The SMILES string of the molecule is CCNC(=NCc1ccc(CN(CC)CC)cc1)NCC(C)(O)c1ccco1.I. The van der Waals surface area contributed by atoms with E-state index in [-0.39, 0.29) is 24.0 Å². The summed E-state index contributed by atoms with van der Waals surface area (Å²) in [7, 11) is 0. The summed E-state index contributed by atoms with van der Waals surface area (Å²) in [4.78, 5) is 7.03. The number of benzene rings is 1. The maximum atomic E-state index is 10.6. The van der Waals surface area contributed by atoms with Crippen LogP contribution in [0.25, 0.3) is 0 Å². The molecular weight excluding hydrogens is 479 g/mol. The molecule has 1 heterocycles. The average Bonchev–Trinajstić information content (AvgIpc) is 3.25. The van der Waals surface area contributed by atoms with Gasteiger partial charge in [-0.05, 0) is 50.2 Å². The van der Waals surface area contributed by atoms with E-state index >= 15 is 0 Å². The Morgan fingerprint density at radius 2 is 1.72 bits per heavy atom. The summed E-state index contributed by atoms with van der Waals surface area (Å²) < 4.78 is 5.32. The number of halogens is 1. The second kappa shape index (κ2) is 12.9. The Balaban J connectivity index is 0.00000420. The predicted octanol–water partition coefficient (Wildman–Crippen LogP) is 3.70. The molecule has 0 fully saturated rings. The van der Waals surface area contributed by atoms with Gasteiger partial charge in [-0.1, -0.05) is 38.1 Å². The zero-order valence-electron chi connectivity index (χ0n) is 17.9. The second-order valence-electron chi connectivity index (χ2n) is 7.08. The Kier molecular flexibility index (Phi) is 11.3. The molecule has 0 aliphatic rings. The Hall–Kier alpha value is -1.58. The molecule has 29 heavy (non-hydrogen) atoms. The first-order valence-electron chi connectivity index (χ1n) is 10.1. The smallest absolute Gasteiger partial charge is 0.191 e. The minimum Gasteiger partial charge on any atom is -0.466 e. The van der Waals surface area contributed by atoms with Gasteiger partial charge in [0.25, 0.3) is 0 Å². The van der Waals surface area contributed by atoms with E-state index in [9.17, 15) is 5.11 Å². The van der Waals surface area contributed by atoms with E-state index in [0.29, 0.717) is 24.8 Å². The summed E-state index contributed by atoms with van der Waals surface area (Å²) in [5, 5.41) is 17.0. The molecule has 0 radical (unpaired) electrons. The lowest BCUT2D eigenvalue weighted by atomic mass is 10.0. The molecule has 1 atom stereocenters. The summed E-state index contributed by atoms with van der Waals surface area (Å²) in [5.74, 6) is 1.20. The van der Waals surface area contributed by atoms with Gasteiger partial charge in [0, 0.05) is 13.1 Å². The van der Waals surface area contributed by atoms with Crippen molar-refractivity contribution in [2.45, 2.75) is 46.4 Å². The van der Waals surface area contributed by atoms with Gasteiger partial charge < -0.3 is 20.2 Å². The molecule has 0 bridgehead atoms. The van der Waals surface area contributed by atoms with Crippen LogP contribution in [0.1, 0.15) is 44.6 Å². The molecule has 0 amide bonds. The summed E-state index contributed by atoms with van der Waals surface area (Å²) in [6.07, 6.45) is 1.56. The number of guanidine groups is 1. The van der Waals surface area contributed by atoms with Crippen molar-refractivity contribution < 1.29 is 9.52 Å². The number of hydrogen-bond acceptors (Lipinski definition) is 4. The highest BCUT2D eigenvalue weighted by Gasteiger charge is 2.26. The zero-order valence-corrected chi connectivity index (χ0v) is 20.3. The van der Waals surface area contributed by atoms with Crippen LogP contribution < -0.4 is 10.6 Å². The van der Waals surface area contributed by atoms with Gasteiger partial charge in [-0.25, -0.2) is 4.99 Å². The molecule has 1 unspecified atom stereocenters. The van der Waals surface area contributed by atoms with Crippen LogP contribution in [-0.2, 0) is 18.7 Å². The van der Waals surface area contributed by atoms with Gasteiger partial charge in [0.15, 0.2) is 5.96 Å². The molecule has 7 heteroatoms. The lowest BCUT2D eigenvalue weighted by Crippen LogP contribution is -2.44. The van der Waals surface area contributed by atoms with Crippen molar-refractivity contribution in [1.29, 1.82) is 0 Å². The topological polar surface area (TPSA) is 73.0 Å². The van der Waals surface area contributed by atoms with Crippen molar-refractivity contribution in [3.05, 3.63) is 59.5 Å². The molecule has 0 aliphatic heterocycles. The highest BCUT2D eigenvalue weighted by Crippen LogP contribution is 2.19. The highest BCUT2D eigenvalue weighted by molar-refractivity contribution is 14.0. The van der Waals surface area contributed by atoms with Crippen LogP contribution in [0, 0.1) is 0 Å². The summed E-state index contributed by atoms with van der Waals surface area (Å²) in [5.41, 5.74) is 1.36.